The molecule has 29 heavy (non-hydrogen) atoms. The van der Waals surface area contributed by atoms with Gasteiger partial charge in [-0.2, -0.15) is 0 Å². The van der Waals surface area contributed by atoms with E-state index in [1.54, 1.807) is 17.0 Å². The predicted molar refractivity (Wildman–Crippen MR) is 108 cm³/mol. The van der Waals surface area contributed by atoms with Gasteiger partial charge in [0.05, 0.1) is 19.5 Å². The summed E-state index contributed by atoms with van der Waals surface area (Å²) in [6, 6.07) is 13.9. The molecule has 152 valence electrons. The third kappa shape index (κ3) is 4.32. The number of halogens is 1. The number of hydrogen-bond donors (Lipinski definition) is 0. The van der Waals surface area contributed by atoms with E-state index in [0.29, 0.717) is 31.7 Å². The molecule has 1 unspecified atom stereocenters. The van der Waals surface area contributed by atoms with E-state index < -0.39 is 5.60 Å². The second-order valence-electron chi connectivity index (χ2n) is 8.01. The zero-order valence-corrected chi connectivity index (χ0v) is 16.6. The first-order chi connectivity index (χ1) is 13.9. The van der Waals surface area contributed by atoms with Crippen LogP contribution in [0.2, 0.25) is 0 Å². The van der Waals surface area contributed by atoms with Crippen molar-refractivity contribution < 1.29 is 18.7 Å². The molecule has 2 aliphatic heterocycles. The first-order valence-electron chi connectivity index (χ1n) is 9.97. The molecule has 2 amide bonds. The van der Waals surface area contributed by atoms with Crippen LogP contribution in [-0.2, 0) is 20.7 Å². The minimum absolute atomic E-state index is 0.0305. The van der Waals surface area contributed by atoms with Crippen molar-refractivity contribution in [3.8, 4) is 0 Å². The number of rotatable bonds is 3. The highest BCUT2D eigenvalue weighted by molar-refractivity contribution is 5.95. The third-order valence-corrected chi connectivity index (χ3v) is 5.72. The molecule has 1 atom stereocenters. The number of piperidine rings is 1. The second-order valence-corrected chi connectivity index (χ2v) is 8.01. The highest BCUT2D eigenvalue weighted by Crippen LogP contribution is 2.32. The number of ether oxygens (including phenoxy) is 1. The molecule has 6 heteroatoms. The number of anilines is 1. The third-order valence-electron chi connectivity index (χ3n) is 5.72. The van der Waals surface area contributed by atoms with Crippen molar-refractivity contribution in [1.29, 1.82) is 0 Å². The zero-order chi connectivity index (χ0) is 20.4. The van der Waals surface area contributed by atoms with E-state index in [4.69, 9.17) is 4.74 Å². The van der Waals surface area contributed by atoms with Crippen molar-refractivity contribution in [3.05, 3.63) is 65.5 Å². The molecule has 2 aromatic carbocycles. The molecule has 0 saturated carbocycles. The molecular formula is C23H25FN2O3. The van der Waals surface area contributed by atoms with Crippen molar-refractivity contribution in [2.24, 2.45) is 0 Å². The fourth-order valence-corrected chi connectivity index (χ4v) is 4.24. The number of carbonyl (C=O) groups excluding carboxylic acids is 2. The lowest BCUT2D eigenvalue weighted by Crippen LogP contribution is -2.62. The average Bonchev–Trinajstić information content (AvgIpc) is 2.71. The van der Waals surface area contributed by atoms with Crippen LogP contribution in [0.15, 0.2) is 48.5 Å². The summed E-state index contributed by atoms with van der Waals surface area (Å²) in [6.45, 7) is 3.51. The highest BCUT2D eigenvalue weighted by Gasteiger charge is 2.44. The van der Waals surface area contributed by atoms with Crippen LogP contribution < -0.4 is 4.90 Å². The number of benzene rings is 2. The molecule has 2 fully saturated rings. The van der Waals surface area contributed by atoms with Gasteiger partial charge in [0, 0.05) is 12.2 Å². The number of nitrogens with zero attached hydrogens (tertiary/aromatic N) is 2. The van der Waals surface area contributed by atoms with Crippen LogP contribution in [0.1, 0.15) is 24.0 Å². The van der Waals surface area contributed by atoms with Gasteiger partial charge in [-0.1, -0.05) is 29.8 Å². The van der Waals surface area contributed by atoms with Crippen LogP contribution in [0.25, 0.3) is 0 Å². The van der Waals surface area contributed by atoms with Gasteiger partial charge in [-0.15, -0.1) is 0 Å². The largest absolute Gasteiger partial charge is 0.361 e. The van der Waals surface area contributed by atoms with Crippen LogP contribution in [0.3, 0.4) is 0 Å². The van der Waals surface area contributed by atoms with E-state index in [1.165, 1.54) is 12.1 Å². The van der Waals surface area contributed by atoms with Crippen LogP contribution >= 0.6 is 0 Å². The van der Waals surface area contributed by atoms with Gasteiger partial charge in [-0.05, 0) is 49.6 Å². The normalized spacial score (nSPS) is 22.2. The number of likely N-dealkylation sites (tertiary alicyclic amines) is 1. The summed E-state index contributed by atoms with van der Waals surface area (Å²) < 4.78 is 19.3. The average molecular weight is 396 g/mol. The molecular weight excluding hydrogens is 371 g/mol. The molecule has 2 aromatic rings. The summed E-state index contributed by atoms with van der Waals surface area (Å²) in [5, 5.41) is 0. The van der Waals surface area contributed by atoms with Gasteiger partial charge < -0.3 is 14.5 Å². The number of carbonyl (C=O) groups is 2. The Morgan fingerprint density at radius 2 is 1.97 bits per heavy atom. The Bertz CT molecular complexity index is 915. The fraction of sp³-hybridized carbons (Fsp3) is 0.391. The Morgan fingerprint density at radius 3 is 2.72 bits per heavy atom. The van der Waals surface area contributed by atoms with Gasteiger partial charge in [0.15, 0.2) is 0 Å². The van der Waals surface area contributed by atoms with Crippen LogP contribution in [0, 0.1) is 12.7 Å². The lowest BCUT2D eigenvalue weighted by Gasteiger charge is -2.47. The van der Waals surface area contributed by atoms with Crippen molar-refractivity contribution in [1.82, 2.24) is 4.90 Å². The summed E-state index contributed by atoms with van der Waals surface area (Å²) in [6.07, 6.45) is 1.97. The molecule has 0 aliphatic carbocycles. The molecule has 2 heterocycles. The van der Waals surface area contributed by atoms with Gasteiger partial charge in [0.2, 0.25) is 5.91 Å². The maximum Gasteiger partial charge on any atom is 0.253 e. The predicted octanol–water partition coefficient (Wildman–Crippen LogP) is 3.10. The minimum atomic E-state index is -0.581. The first-order valence-corrected chi connectivity index (χ1v) is 9.97. The second kappa shape index (κ2) is 7.95. The Hall–Kier alpha value is -2.73. The molecule has 0 N–H and O–H groups in total. The lowest BCUT2D eigenvalue weighted by molar-refractivity contribution is -0.153. The number of amides is 2. The van der Waals surface area contributed by atoms with E-state index in [0.717, 1.165) is 24.0 Å². The molecule has 2 aliphatic rings. The smallest absolute Gasteiger partial charge is 0.253 e. The van der Waals surface area contributed by atoms with Crippen LogP contribution in [-0.4, -0.2) is 48.6 Å². The van der Waals surface area contributed by atoms with E-state index in [1.807, 2.05) is 36.1 Å². The van der Waals surface area contributed by atoms with Crippen LogP contribution in [0.4, 0.5) is 10.1 Å². The van der Waals surface area contributed by atoms with E-state index in [-0.39, 0.29) is 24.2 Å². The molecule has 4 rings (SSSR count). The molecule has 2 saturated heterocycles. The van der Waals surface area contributed by atoms with Crippen molar-refractivity contribution in [3.63, 3.8) is 0 Å². The van der Waals surface area contributed by atoms with Crippen LogP contribution in [0.5, 0.6) is 0 Å². The van der Waals surface area contributed by atoms with E-state index in [9.17, 15) is 14.0 Å². The summed E-state index contributed by atoms with van der Waals surface area (Å²) in [5.41, 5.74) is 2.21. The molecule has 5 nitrogen and oxygen atoms in total. The summed E-state index contributed by atoms with van der Waals surface area (Å²) in [4.78, 5) is 28.8. The number of aryl methyl sites for hydroxylation is 1. The van der Waals surface area contributed by atoms with Crippen molar-refractivity contribution in [2.45, 2.75) is 31.8 Å². The molecule has 0 aromatic heterocycles. The Labute approximate surface area is 170 Å². The Kier molecular flexibility index (Phi) is 5.37. The van der Waals surface area contributed by atoms with E-state index in [2.05, 4.69) is 0 Å². The SMILES string of the molecule is Cc1cccc(CC(=O)N2CCCC3(C2)CN(c2ccc(F)cc2)C(=O)CO3)c1. The molecule has 1 spiro atoms. The summed E-state index contributed by atoms with van der Waals surface area (Å²) in [7, 11) is 0. The molecule has 0 bridgehead atoms. The lowest BCUT2D eigenvalue weighted by atomic mass is 9.90. The topological polar surface area (TPSA) is 49.9 Å². The highest BCUT2D eigenvalue weighted by atomic mass is 19.1. The van der Waals surface area contributed by atoms with Gasteiger partial charge in [0.25, 0.3) is 5.91 Å². The van der Waals surface area contributed by atoms with Gasteiger partial charge in [0.1, 0.15) is 18.0 Å². The fourth-order valence-electron chi connectivity index (χ4n) is 4.24. The minimum Gasteiger partial charge on any atom is -0.361 e. The van der Waals surface area contributed by atoms with Crippen molar-refractivity contribution in [2.75, 3.05) is 31.1 Å². The maximum atomic E-state index is 13.3. The van der Waals surface area contributed by atoms with Gasteiger partial charge in [-0.25, -0.2) is 4.39 Å². The number of morpholine rings is 1. The molecule has 0 radical (unpaired) electrons. The summed E-state index contributed by atoms with van der Waals surface area (Å²) >= 11 is 0. The maximum absolute atomic E-state index is 13.3. The quantitative estimate of drug-likeness (QED) is 0.801. The first kappa shape index (κ1) is 19.6. The monoisotopic (exact) mass is 396 g/mol. The number of hydrogen-bond acceptors (Lipinski definition) is 3. The van der Waals surface area contributed by atoms with Crippen molar-refractivity contribution >= 4 is 17.5 Å². The standard InChI is InChI=1S/C23H25FN2O3/c1-17-4-2-5-18(12-17)13-21(27)25-11-3-10-23(15-25)16-26(22(28)14-29-23)20-8-6-19(24)7-9-20/h2,4-9,12H,3,10-11,13-16H2,1H3. The Morgan fingerprint density at radius 1 is 1.17 bits per heavy atom. The van der Waals surface area contributed by atoms with E-state index >= 15 is 0 Å². The zero-order valence-electron chi connectivity index (χ0n) is 16.6. The Balaban J connectivity index is 1.48. The van der Waals surface area contributed by atoms with Gasteiger partial charge >= 0.3 is 0 Å². The van der Waals surface area contributed by atoms with Gasteiger partial charge in [-0.3, -0.25) is 9.59 Å². The summed E-state index contributed by atoms with van der Waals surface area (Å²) in [5.74, 6) is -0.413.